The van der Waals surface area contributed by atoms with Crippen LogP contribution in [0.5, 0.6) is 0 Å². The molecule has 0 heterocycles. The quantitative estimate of drug-likeness (QED) is 0.837. The van der Waals surface area contributed by atoms with Crippen molar-refractivity contribution in [2.75, 3.05) is 5.32 Å². The van der Waals surface area contributed by atoms with E-state index in [1.54, 1.807) is 13.8 Å². The van der Waals surface area contributed by atoms with Crippen molar-refractivity contribution in [1.29, 1.82) is 0 Å². The summed E-state index contributed by atoms with van der Waals surface area (Å²) in [6, 6.07) is 0.101. The van der Waals surface area contributed by atoms with Gasteiger partial charge in [0, 0.05) is 12.1 Å². The van der Waals surface area contributed by atoms with Gasteiger partial charge in [-0.05, 0) is 5.92 Å². The summed E-state index contributed by atoms with van der Waals surface area (Å²) in [5.41, 5.74) is 5.10. The number of nitrogens with one attached hydrogen (secondary N) is 1. The zero-order valence-electron chi connectivity index (χ0n) is 9.84. The zero-order chi connectivity index (χ0) is 13.2. The summed E-state index contributed by atoms with van der Waals surface area (Å²) in [4.78, 5) is 11.5. The first-order valence-corrected chi connectivity index (χ1v) is 5.04. The summed E-state index contributed by atoms with van der Waals surface area (Å²) < 4.78 is 38.7. The van der Waals surface area contributed by atoms with E-state index in [1.807, 2.05) is 0 Å². The molecule has 1 aromatic rings. The first-order chi connectivity index (χ1) is 7.82. The van der Waals surface area contributed by atoms with Gasteiger partial charge < -0.3 is 11.1 Å². The Morgan fingerprint density at radius 3 is 2.17 bits per heavy atom. The molecule has 0 saturated carbocycles. The van der Waals surface area contributed by atoms with Gasteiger partial charge in [0.05, 0.1) is 11.7 Å². The van der Waals surface area contributed by atoms with E-state index in [4.69, 9.17) is 5.73 Å². The molecule has 1 aromatic carbocycles. The number of carbonyl (C=O) groups excluding carboxylic acids is 1. The Bertz CT molecular complexity index is 441. The van der Waals surface area contributed by atoms with Crippen LogP contribution in [0.1, 0.15) is 13.8 Å². The normalized spacial score (nSPS) is 11.9. The van der Waals surface area contributed by atoms with Gasteiger partial charge in [0.1, 0.15) is 5.82 Å². The lowest BCUT2D eigenvalue weighted by Gasteiger charge is -2.15. The predicted molar refractivity (Wildman–Crippen MR) is 65.0 cm³/mol. The van der Waals surface area contributed by atoms with E-state index in [9.17, 15) is 18.0 Å². The van der Waals surface area contributed by atoms with Crippen LogP contribution in [0.3, 0.4) is 0 Å². The van der Waals surface area contributed by atoms with Gasteiger partial charge in [0.2, 0.25) is 5.91 Å². The topological polar surface area (TPSA) is 55.1 Å². The molecule has 0 spiro atoms. The fourth-order valence-electron chi connectivity index (χ4n) is 1.14. The highest BCUT2D eigenvalue weighted by Gasteiger charge is 2.19. The monoisotopic (exact) mass is 282 g/mol. The lowest BCUT2D eigenvalue weighted by Crippen LogP contribution is -2.39. The van der Waals surface area contributed by atoms with E-state index in [-0.39, 0.29) is 18.3 Å². The number of anilines is 1. The maximum atomic E-state index is 13.2. The largest absolute Gasteiger partial charge is 0.322 e. The van der Waals surface area contributed by atoms with Gasteiger partial charge in [-0.2, -0.15) is 0 Å². The first kappa shape index (κ1) is 16.7. The van der Waals surface area contributed by atoms with E-state index in [2.05, 4.69) is 5.32 Å². The lowest BCUT2D eigenvalue weighted by atomic mass is 10.0. The van der Waals surface area contributed by atoms with Crippen LogP contribution in [0.25, 0.3) is 0 Å². The minimum absolute atomic E-state index is 0. The van der Waals surface area contributed by atoms with Crippen molar-refractivity contribution in [3.8, 4) is 0 Å². The zero-order valence-corrected chi connectivity index (χ0v) is 10.7. The van der Waals surface area contributed by atoms with Crippen LogP contribution in [0.4, 0.5) is 18.9 Å². The molecule has 1 unspecified atom stereocenters. The average Bonchev–Trinajstić information content (AvgIpc) is 2.24. The third kappa shape index (κ3) is 3.89. The Morgan fingerprint density at radius 1 is 1.17 bits per heavy atom. The molecule has 0 bridgehead atoms. The molecule has 1 atom stereocenters. The first-order valence-electron chi connectivity index (χ1n) is 5.04. The highest BCUT2D eigenvalue weighted by atomic mass is 35.5. The summed E-state index contributed by atoms with van der Waals surface area (Å²) in [6.45, 7) is 3.43. The minimum atomic E-state index is -1.31. The molecule has 0 radical (unpaired) electrons. The van der Waals surface area contributed by atoms with Crippen LogP contribution in [-0.4, -0.2) is 11.9 Å². The Hall–Kier alpha value is -1.27. The number of amides is 1. The molecular formula is C11H14ClF3N2O. The van der Waals surface area contributed by atoms with Crippen molar-refractivity contribution >= 4 is 24.0 Å². The predicted octanol–water partition coefficient (Wildman–Crippen LogP) is 2.45. The van der Waals surface area contributed by atoms with Crippen molar-refractivity contribution in [3.05, 3.63) is 29.6 Å². The fourth-order valence-corrected chi connectivity index (χ4v) is 1.14. The maximum Gasteiger partial charge on any atom is 0.241 e. The van der Waals surface area contributed by atoms with Crippen molar-refractivity contribution in [2.45, 2.75) is 19.9 Å². The number of halogens is 4. The molecule has 0 aliphatic heterocycles. The smallest absolute Gasteiger partial charge is 0.241 e. The molecule has 0 aliphatic rings. The number of nitrogens with two attached hydrogens (primary N) is 1. The van der Waals surface area contributed by atoms with Crippen molar-refractivity contribution in [1.82, 2.24) is 0 Å². The molecule has 0 saturated heterocycles. The van der Waals surface area contributed by atoms with Crippen LogP contribution >= 0.6 is 12.4 Å². The van der Waals surface area contributed by atoms with Crippen LogP contribution < -0.4 is 11.1 Å². The highest BCUT2D eigenvalue weighted by Crippen LogP contribution is 2.18. The van der Waals surface area contributed by atoms with Crippen molar-refractivity contribution < 1.29 is 18.0 Å². The van der Waals surface area contributed by atoms with E-state index >= 15 is 0 Å². The number of carbonyl (C=O) groups is 1. The standard InChI is InChI=1S/C11H13F3N2O.ClH/c1-5(2)10(15)11(17)16-9-4-7(13)6(12)3-8(9)14;/h3-5,10H,15H2,1-2H3,(H,16,17);1H. The molecule has 0 fully saturated rings. The van der Waals surface area contributed by atoms with Crippen molar-refractivity contribution in [3.63, 3.8) is 0 Å². The second-order valence-electron chi connectivity index (χ2n) is 4.01. The van der Waals surface area contributed by atoms with E-state index in [0.29, 0.717) is 12.1 Å². The van der Waals surface area contributed by atoms with Gasteiger partial charge in [0.15, 0.2) is 11.6 Å². The van der Waals surface area contributed by atoms with Crippen LogP contribution in [0, 0.1) is 23.4 Å². The van der Waals surface area contributed by atoms with Crippen molar-refractivity contribution in [2.24, 2.45) is 11.7 Å². The van der Waals surface area contributed by atoms with Gasteiger partial charge >= 0.3 is 0 Å². The highest BCUT2D eigenvalue weighted by molar-refractivity contribution is 5.94. The van der Waals surface area contributed by atoms with E-state index in [1.165, 1.54) is 0 Å². The average molecular weight is 283 g/mol. The molecule has 1 amide bonds. The molecule has 0 aromatic heterocycles. The van der Waals surface area contributed by atoms with Crippen LogP contribution in [-0.2, 0) is 4.79 Å². The second-order valence-corrected chi connectivity index (χ2v) is 4.01. The molecule has 3 nitrogen and oxygen atoms in total. The molecular weight excluding hydrogens is 269 g/mol. The molecule has 0 aliphatic carbocycles. The van der Waals surface area contributed by atoms with Gasteiger partial charge in [-0.15, -0.1) is 12.4 Å². The van der Waals surface area contributed by atoms with Crippen LogP contribution in [0.2, 0.25) is 0 Å². The summed E-state index contributed by atoms with van der Waals surface area (Å²) in [7, 11) is 0. The summed E-state index contributed by atoms with van der Waals surface area (Å²) in [5, 5.41) is 2.11. The van der Waals surface area contributed by atoms with Gasteiger partial charge in [-0.3, -0.25) is 4.79 Å². The fraction of sp³-hybridized carbons (Fsp3) is 0.364. The van der Waals surface area contributed by atoms with Gasteiger partial charge in [0.25, 0.3) is 0 Å². The minimum Gasteiger partial charge on any atom is -0.322 e. The Balaban J connectivity index is 0.00000289. The Kier molecular flexibility index (Phi) is 6.14. The van der Waals surface area contributed by atoms with E-state index in [0.717, 1.165) is 0 Å². The lowest BCUT2D eigenvalue weighted by molar-refractivity contribution is -0.118. The summed E-state index contributed by atoms with van der Waals surface area (Å²) in [5.74, 6) is -4.39. The number of hydrogen-bond acceptors (Lipinski definition) is 2. The molecule has 3 N–H and O–H groups in total. The summed E-state index contributed by atoms with van der Waals surface area (Å²) >= 11 is 0. The van der Waals surface area contributed by atoms with Gasteiger partial charge in [-0.1, -0.05) is 13.8 Å². The van der Waals surface area contributed by atoms with E-state index < -0.39 is 35.1 Å². The molecule has 1 rings (SSSR count). The molecule has 102 valence electrons. The molecule has 7 heteroatoms. The summed E-state index contributed by atoms with van der Waals surface area (Å²) in [6.07, 6.45) is 0. The Labute approximate surface area is 109 Å². The van der Waals surface area contributed by atoms with Crippen LogP contribution in [0.15, 0.2) is 12.1 Å². The molecule has 18 heavy (non-hydrogen) atoms. The third-order valence-electron chi connectivity index (χ3n) is 2.29. The third-order valence-corrected chi connectivity index (χ3v) is 2.29. The Morgan fingerprint density at radius 2 is 1.67 bits per heavy atom. The SMILES string of the molecule is CC(C)C(N)C(=O)Nc1cc(F)c(F)cc1F.Cl. The number of rotatable bonds is 3. The number of benzene rings is 1. The maximum absolute atomic E-state index is 13.2. The van der Waals surface area contributed by atoms with Gasteiger partial charge in [-0.25, -0.2) is 13.2 Å². The number of hydrogen-bond donors (Lipinski definition) is 2. The second kappa shape index (κ2) is 6.61.